The van der Waals surface area contributed by atoms with E-state index in [9.17, 15) is 4.79 Å². The molecule has 0 radical (unpaired) electrons. The first-order valence-corrected chi connectivity index (χ1v) is 6.40. The van der Waals surface area contributed by atoms with Crippen molar-refractivity contribution in [1.29, 1.82) is 0 Å². The van der Waals surface area contributed by atoms with Gasteiger partial charge in [0.25, 0.3) is 5.56 Å². The molecule has 5 nitrogen and oxygen atoms in total. The molecule has 2 N–H and O–H groups in total. The zero-order chi connectivity index (χ0) is 13.4. The lowest BCUT2D eigenvalue weighted by molar-refractivity contribution is 0.749. The summed E-state index contributed by atoms with van der Waals surface area (Å²) in [5.41, 5.74) is 7.70. The van der Waals surface area contributed by atoms with E-state index >= 15 is 0 Å². The molecule has 0 aliphatic carbocycles. The minimum absolute atomic E-state index is 0.150. The van der Waals surface area contributed by atoms with Gasteiger partial charge in [-0.25, -0.2) is 0 Å². The van der Waals surface area contributed by atoms with Crippen LogP contribution in [0.3, 0.4) is 0 Å². The fraction of sp³-hybridized carbons (Fsp3) is 0.273. The summed E-state index contributed by atoms with van der Waals surface area (Å²) < 4.78 is 3.52. The highest BCUT2D eigenvalue weighted by atomic mass is 79.9. The molecule has 0 aromatic carbocycles. The van der Waals surface area contributed by atoms with Crippen molar-refractivity contribution in [1.82, 2.24) is 14.3 Å². The van der Waals surface area contributed by atoms with Crippen molar-refractivity contribution in [3.63, 3.8) is 0 Å². The van der Waals surface area contributed by atoms with Gasteiger partial charge in [0.2, 0.25) is 0 Å². The molecule has 2 heterocycles. The maximum absolute atomic E-state index is 11.9. The SMILES string of the molecule is Cc1nn(C)c(Cl)c1Cn1cc(N)cc(Br)c1=O. The Kier molecular flexibility index (Phi) is 3.49. The Labute approximate surface area is 117 Å². The van der Waals surface area contributed by atoms with Crippen LogP contribution in [0.4, 0.5) is 5.69 Å². The molecule has 0 fully saturated rings. The summed E-state index contributed by atoms with van der Waals surface area (Å²) in [5, 5.41) is 4.73. The lowest BCUT2D eigenvalue weighted by Crippen LogP contribution is -2.21. The smallest absolute Gasteiger partial charge is 0.265 e. The molecule has 0 unspecified atom stereocenters. The maximum Gasteiger partial charge on any atom is 0.265 e. The third kappa shape index (κ3) is 2.30. The molecular formula is C11H12BrClN4O. The quantitative estimate of drug-likeness (QED) is 0.914. The molecule has 0 saturated carbocycles. The summed E-state index contributed by atoms with van der Waals surface area (Å²) in [6.07, 6.45) is 1.59. The normalized spacial score (nSPS) is 10.9. The minimum Gasteiger partial charge on any atom is -0.398 e. The Morgan fingerprint density at radius 3 is 2.78 bits per heavy atom. The van der Waals surface area contributed by atoms with Gasteiger partial charge in [-0.15, -0.1) is 0 Å². The molecule has 2 aromatic heterocycles. The highest BCUT2D eigenvalue weighted by Crippen LogP contribution is 2.20. The number of aromatic nitrogens is 3. The third-order valence-corrected chi connectivity index (χ3v) is 3.70. The van der Waals surface area contributed by atoms with Crippen molar-refractivity contribution in [2.45, 2.75) is 13.5 Å². The topological polar surface area (TPSA) is 65.8 Å². The van der Waals surface area contributed by atoms with Crippen LogP contribution in [0.25, 0.3) is 0 Å². The fourth-order valence-corrected chi connectivity index (χ4v) is 2.49. The standard InChI is InChI=1S/C11H12BrClN4O/c1-6-8(10(13)16(2)15-6)5-17-4-7(14)3-9(12)11(17)18/h3-4H,5,14H2,1-2H3. The molecule has 2 rings (SSSR count). The van der Waals surface area contributed by atoms with Gasteiger partial charge in [-0.1, -0.05) is 11.6 Å². The van der Waals surface area contributed by atoms with Crippen LogP contribution >= 0.6 is 27.5 Å². The van der Waals surface area contributed by atoms with Gasteiger partial charge < -0.3 is 10.3 Å². The zero-order valence-electron chi connectivity index (χ0n) is 9.94. The summed E-state index contributed by atoms with van der Waals surface area (Å²) in [5.74, 6) is 0. The summed E-state index contributed by atoms with van der Waals surface area (Å²) in [6, 6.07) is 1.58. The number of halogens is 2. The van der Waals surface area contributed by atoms with Crippen LogP contribution in [0.1, 0.15) is 11.3 Å². The van der Waals surface area contributed by atoms with E-state index in [2.05, 4.69) is 21.0 Å². The average molecular weight is 332 g/mol. The molecule has 96 valence electrons. The molecule has 2 aromatic rings. The molecule has 18 heavy (non-hydrogen) atoms. The number of nitrogens with zero attached hydrogens (tertiary/aromatic N) is 3. The van der Waals surface area contributed by atoms with Crippen LogP contribution < -0.4 is 11.3 Å². The molecule has 0 atom stereocenters. The Balaban J connectivity index is 2.49. The molecule has 0 aliphatic heterocycles. The molecule has 7 heteroatoms. The molecule has 0 bridgehead atoms. The van der Waals surface area contributed by atoms with E-state index in [-0.39, 0.29) is 5.56 Å². The monoisotopic (exact) mass is 330 g/mol. The number of nitrogen functional groups attached to an aromatic ring is 1. The number of hydrogen-bond donors (Lipinski definition) is 1. The van der Waals surface area contributed by atoms with Crippen molar-refractivity contribution in [3.8, 4) is 0 Å². The van der Waals surface area contributed by atoms with E-state index < -0.39 is 0 Å². The summed E-state index contributed by atoms with van der Waals surface area (Å²) in [6.45, 7) is 2.20. The summed E-state index contributed by atoms with van der Waals surface area (Å²) in [7, 11) is 1.76. The van der Waals surface area contributed by atoms with Gasteiger partial charge >= 0.3 is 0 Å². The summed E-state index contributed by atoms with van der Waals surface area (Å²) >= 11 is 9.32. The highest BCUT2D eigenvalue weighted by molar-refractivity contribution is 9.10. The van der Waals surface area contributed by atoms with E-state index in [4.69, 9.17) is 17.3 Å². The van der Waals surface area contributed by atoms with Crippen molar-refractivity contribution in [2.75, 3.05) is 5.73 Å². The first-order chi connectivity index (χ1) is 8.40. The van der Waals surface area contributed by atoms with Gasteiger partial charge in [0.05, 0.1) is 16.7 Å². The van der Waals surface area contributed by atoms with E-state index in [1.165, 1.54) is 4.57 Å². The van der Waals surface area contributed by atoms with Crippen molar-refractivity contribution >= 4 is 33.2 Å². The predicted octanol–water partition coefficient (Wildman–Crippen LogP) is 1.94. The highest BCUT2D eigenvalue weighted by Gasteiger charge is 2.13. The lowest BCUT2D eigenvalue weighted by atomic mass is 10.2. The second kappa shape index (κ2) is 4.78. The van der Waals surface area contributed by atoms with Gasteiger partial charge in [0.15, 0.2) is 0 Å². The lowest BCUT2D eigenvalue weighted by Gasteiger charge is -2.07. The van der Waals surface area contributed by atoms with Crippen molar-refractivity contribution in [2.24, 2.45) is 7.05 Å². The van der Waals surface area contributed by atoms with Crippen molar-refractivity contribution in [3.05, 3.63) is 43.5 Å². The number of nitrogens with two attached hydrogens (primary N) is 1. The van der Waals surface area contributed by atoms with E-state index in [0.717, 1.165) is 11.3 Å². The van der Waals surface area contributed by atoms with Crippen LogP contribution in [0.5, 0.6) is 0 Å². The van der Waals surface area contributed by atoms with Gasteiger partial charge in [0.1, 0.15) is 5.15 Å². The summed E-state index contributed by atoms with van der Waals surface area (Å²) in [4.78, 5) is 11.9. The number of aryl methyl sites for hydroxylation is 2. The molecular weight excluding hydrogens is 320 g/mol. The molecule has 0 amide bonds. The maximum atomic E-state index is 11.9. The Bertz CT molecular complexity index is 662. The minimum atomic E-state index is -0.150. The van der Waals surface area contributed by atoms with Crippen LogP contribution in [0.2, 0.25) is 5.15 Å². The van der Waals surface area contributed by atoms with Crippen molar-refractivity contribution < 1.29 is 0 Å². The second-order valence-corrected chi connectivity index (χ2v) is 5.25. The second-order valence-electron chi connectivity index (χ2n) is 4.03. The third-order valence-electron chi connectivity index (χ3n) is 2.66. The Morgan fingerprint density at radius 1 is 1.56 bits per heavy atom. The molecule has 0 saturated heterocycles. The van der Waals surface area contributed by atoms with Gasteiger partial charge in [0, 0.05) is 24.5 Å². The van der Waals surface area contributed by atoms with Crippen LogP contribution in [0.15, 0.2) is 21.5 Å². The molecule has 0 aliphatic rings. The average Bonchev–Trinajstić information content (AvgIpc) is 2.52. The largest absolute Gasteiger partial charge is 0.398 e. The van der Waals surface area contributed by atoms with Gasteiger partial charge in [-0.05, 0) is 28.9 Å². The Morgan fingerprint density at radius 2 is 2.22 bits per heavy atom. The van der Waals surface area contributed by atoms with Gasteiger partial charge in [-0.2, -0.15) is 5.10 Å². The van der Waals surface area contributed by atoms with E-state index in [1.807, 2.05) is 6.92 Å². The zero-order valence-corrected chi connectivity index (χ0v) is 12.3. The fourth-order valence-electron chi connectivity index (χ4n) is 1.76. The first-order valence-electron chi connectivity index (χ1n) is 5.23. The number of rotatable bonds is 2. The number of pyridine rings is 1. The number of hydrogen-bond acceptors (Lipinski definition) is 3. The predicted molar refractivity (Wildman–Crippen MR) is 74.9 cm³/mol. The van der Waals surface area contributed by atoms with E-state index in [1.54, 1.807) is 24.0 Å². The molecule has 0 spiro atoms. The van der Waals surface area contributed by atoms with Gasteiger partial charge in [-0.3, -0.25) is 9.48 Å². The van der Waals surface area contributed by atoms with Crippen LogP contribution in [-0.2, 0) is 13.6 Å². The Hall–Kier alpha value is -1.27. The van der Waals surface area contributed by atoms with Crippen LogP contribution in [0, 0.1) is 6.92 Å². The number of anilines is 1. The first kappa shape index (κ1) is 13.2. The van der Waals surface area contributed by atoms with Crippen LogP contribution in [-0.4, -0.2) is 14.3 Å². The van der Waals surface area contributed by atoms with E-state index in [0.29, 0.717) is 21.9 Å².